The number of hydrogen-bond donors (Lipinski definition) is 2. The van der Waals surface area contributed by atoms with E-state index in [1.54, 1.807) is 13.2 Å². The summed E-state index contributed by atoms with van der Waals surface area (Å²) < 4.78 is 24.3. The molecule has 1 saturated heterocycles. The number of hydrogen-bond acceptors (Lipinski definition) is 5. The van der Waals surface area contributed by atoms with Crippen molar-refractivity contribution in [2.45, 2.75) is 44.3 Å². The van der Waals surface area contributed by atoms with E-state index < -0.39 is 5.82 Å². The number of aromatic nitrogens is 3. The number of imidazole rings is 1. The van der Waals surface area contributed by atoms with Gasteiger partial charge in [0.1, 0.15) is 22.8 Å². The zero-order valence-electron chi connectivity index (χ0n) is 24.3. The van der Waals surface area contributed by atoms with Crippen molar-refractivity contribution < 1.29 is 19.0 Å². The first kappa shape index (κ1) is 26.3. The molecule has 3 heterocycles. The fourth-order valence-electron chi connectivity index (χ4n) is 7.38. The molecule has 5 aromatic rings. The van der Waals surface area contributed by atoms with Crippen LogP contribution < -0.4 is 10.5 Å². The second kappa shape index (κ2) is 9.57. The molecule has 0 spiro atoms. The first-order valence-corrected chi connectivity index (χ1v) is 15.0. The van der Waals surface area contributed by atoms with Crippen molar-refractivity contribution in [1.29, 1.82) is 0 Å². The summed E-state index contributed by atoms with van der Waals surface area (Å²) in [7, 11) is 3.60. The standard InChI is InChI=1S/C34H34FN5O3/c1-38-32-26(11-23(14-30(32)43-2)34(42)40-17-21-7-8-27(40)31(21)36)37-33(38)29-13-20-6-5-19(22-9-24(35)15-25(41)10-22)12-28(20)39(29)16-18-3-4-18/h5-6,9-15,18,21,27,31,41H,3-4,7-8,16-17,36H2,1-2H3/t21?,27?,31-/m1/s1. The number of piperidine rings is 1. The highest BCUT2D eigenvalue weighted by Crippen LogP contribution is 2.41. The second-order valence-electron chi connectivity index (χ2n) is 12.5. The molecular formula is C34H34FN5O3. The van der Waals surface area contributed by atoms with Gasteiger partial charge in [-0.1, -0.05) is 12.1 Å². The zero-order valence-corrected chi connectivity index (χ0v) is 24.3. The molecule has 8 nitrogen and oxygen atoms in total. The number of benzene rings is 3. The van der Waals surface area contributed by atoms with Crippen molar-refractivity contribution in [3.05, 3.63) is 66.0 Å². The molecular weight excluding hydrogens is 545 g/mol. The monoisotopic (exact) mass is 579 g/mol. The third-order valence-electron chi connectivity index (χ3n) is 9.80. The van der Waals surface area contributed by atoms with Crippen LogP contribution in [0.15, 0.2) is 54.6 Å². The van der Waals surface area contributed by atoms with Crippen LogP contribution in [0.2, 0.25) is 0 Å². The molecule has 3 atom stereocenters. The number of ether oxygens (including phenoxy) is 1. The zero-order chi connectivity index (χ0) is 29.6. The molecule has 1 aliphatic heterocycles. The van der Waals surface area contributed by atoms with Gasteiger partial charge >= 0.3 is 0 Å². The minimum Gasteiger partial charge on any atom is -0.508 e. The summed E-state index contributed by atoms with van der Waals surface area (Å²) in [5.74, 6) is 1.75. The van der Waals surface area contributed by atoms with Crippen LogP contribution >= 0.6 is 0 Å². The maximum atomic E-state index is 14.1. The molecule has 2 unspecified atom stereocenters. The predicted octanol–water partition coefficient (Wildman–Crippen LogP) is 5.69. The number of likely N-dealkylation sites (tertiary alicyclic amines) is 1. The van der Waals surface area contributed by atoms with Crippen molar-refractivity contribution >= 4 is 27.8 Å². The van der Waals surface area contributed by atoms with Gasteiger partial charge in [0.25, 0.3) is 5.91 Å². The van der Waals surface area contributed by atoms with Crippen molar-refractivity contribution in [1.82, 2.24) is 19.0 Å². The number of fused-ring (bicyclic) bond motifs is 4. The van der Waals surface area contributed by atoms with Crippen LogP contribution in [0.3, 0.4) is 0 Å². The predicted molar refractivity (Wildman–Crippen MR) is 164 cm³/mol. The fourth-order valence-corrected chi connectivity index (χ4v) is 7.38. The van der Waals surface area contributed by atoms with Gasteiger partial charge in [-0.15, -0.1) is 0 Å². The number of carbonyl (C=O) groups is 1. The number of rotatable bonds is 6. The van der Waals surface area contributed by atoms with E-state index in [1.807, 2.05) is 40.8 Å². The average Bonchev–Trinajstić information content (AvgIpc) is 3.40. The highest BCUT2D eigenvalue weighted by molar-refractivity contribution is 6.00. The lowest BCUT2D eigenvalue weighted by atomic mass is 10.0. The van der Waals surface area contributed by atoms with E-state index in [9.17, 15) is 14.3 Å². The largest absolute Gasteiger partial charge is 0.508 e. The van der Waals surface area contributed by atoms with Gasteiger partial charge in [0.2, 0.25) is 0 Å². The van der Waals surface area contributed by atoms with Gasteiger partial charge in [0.05, 0.1) is 18.3 Å². The number of amides is 1. The van der Waals surface area contributed by atoms with Gasteiger partial charge in [-0.3, -0.25) is 4.79 Å². The van der Waals surface area contributed by atoms with Gasteiger partial charge in [0, 0.05) is 54.8 Å². The van der Waals surface area contributed by atoms with Crippen LogP contribution in [-0.4, -0.2) is 55.8 Å². The van der Waals surface area contributed by atoms with Crippen molar-refractivity contribution in [3.8, 4) is 34.1 Å². The van der Waals surface area contributed by atoms with Gasteiger partial charge in [-0.05, 0) is 85.0 Å². The van der Waals surface area contributed by atoms with Crippen molar-refractivity contribution in [3.63, 3.8) is 0 Å². The summed E-state index contributed by atoms with van der Waals surface area (Å²) >= 11 is 0. The third-order valence-corrected chi connectivity index (χ3v) is 9.80. The number of phenols is 1. The first-order valence-electron chi connectivity index (χ1n) is 15.0. The molecule has 3 N–H and O–H groups in total. The minimum atomic E-state index is -0.476. The molecule has 2 saturated carbocycles. The summed E-state index contributed by atoms with van der Waals surface area (Å²) in [6, 6.07) is 16.2. The lowest BCUT2D eigenvalue weighted by Crippen LogP contribution is -2.41. The molecule has 9 heteroatoms. The Bertz CT molecular complexity index is 1920. The first-order chi connectivity index (χ1) is 20.8. The molecule has 3 aliphatic rings. The molecule has 3 fully saturated rings. The Morgan fingerprint density at radius 2 is 1.91 bits per heavy atom. The number of carbonyl (C=O) groups excluding carboxylic acids is 1. The Balaban J connectivity index is 1.25. The second-order valence-corrected chi connectivity index (χ2v) is 12.5. The van der Waals surface area contributed by atoms with Crippen LogP contribution in [-0.2, 0) is 13.6 Å². The number of nitrogens with zero attached hydrogens (tertiary/aromatic N) is 4. The molecule has 2 bridgehead atoms. The Labute approximate surface area is 248 Å². The van der Waals surface area contributed by atoms with Crippen molar-refractivity contribution in [2.24, 2.45) is 24.6 Å². The van der Waals surface area contributed by atoms with E-state index in [0.29, 0.717) is 40.8 Å². The molecule has 43 heavy (non-hydrogen) atoms. The van der Waals surface area contributed by atoms with Gasteiger partial charge in [-0.25, -0.2) is 9.37 Å². The lowest BCUT2D eigenvalue weighted by molar-refractivity contribution is 0.0700. The quantitative estimate of drug-likeness (QED) is 0.270. The number of aromatic hydroxyl groups is 1. The molecule has 220 valence electrons. The Morgan fingerprint density at radius 3 is 2.60 bits per heavy atom. The van der Waals surface area contributed by atoms with E-state index in [0.717, 1.165) is 59.0 Å². The van der Waals surface area contributed by atoms with Crippen LogP contribution in [0.25, 0.3) is 44.6 Å². The number of aryl methyl sites for hydroxylation is 1. The van der Waals surface area contributed by atoms with E-state index >= 15 is 0 Å². The maximum Gasteiger partial charge on any atom is 0.254 e. The Hall–Kier alpha value is -4.37. The van der Waals surface area contributed by atoms with Gasteiger partial charge in [0.15, 0.2) is 5.82 Å². The van der Waals surface area contributed by atoms with E-state index in [2.05, 4.69) is 16.7 Å². The number of nitrogens with two attached hydrogens (primary N) is 1. The summed E-state index contributed by atoms with van der Waals surface area (Å²) in [4.78, 5) is 20.7. The normalized spacial score (nSPS) is 21.4. The topological polar surface area (TPSA) is 98.5 Å². The SMILES string of the molecule is COc1cc(C(=O)N2CC3CCC2[C@@H]3N)cc2nc(-c3cc4ccc(-c5cc(O)cc(F)c5)cc4n3CC3CC3)n(C)c12. The molecule has 3 aromatic carbocycles. The molecule has 2 aromatic heterocycles. The lowest BCUT2D eigenvalue weighted by Gasteiger charge is -2.27. The summed E-state index contributed by atoms with van der Waals surface area (Å²) in [5, 5.41) is 11.1. The molecule has 1 amide bonds. The molecule has 2 aliphatic carbocycles. The summed E-state index contributed by atoms with van der Waals surface area (Å²) in [6.07, 6.45) is 4.40. The van der Waals surface area contributed by atoms with Crippen molar-refractivity contribution in [2.75, 3.05) is 13.7 Å². The van der Waals surface area contributed by atoms with Crippen LogP contribution in [0, 0.1) is 17.7 Å². The smallest absolute Gasteiger partial charge is 0.254 e. The fraction of sp³-hybridized carbons (Fsp3) is 0.353. The highest BCUT2D eigenvalue weighted by Gasteiger charge is 2.47. The van der Waals surface area contributed by atoms with Gasteiger partial charge in [-0.2, -0.15) is 0 Å². The van der Waals surface area contributed by atoms with Crippen LogP contribution in [0.1, 0.15) is 36.0 Å². The summed E-state index contributed by atoms with van der Waals surface area (Å²) in [5.41, 5.74) is 11.9. The van der Waals surface area contributed by atoms with Crippen LogP contribution in [0.5, 0.6) is 11.5 Å². The van der Waals surface area contributed by atoms with Gasteiger partial charge < -0.3 is 29.6 Å². The average molecular weight is 580 g/mol. The maximum absolute atomic E-state index is 14.1. The number of methoxy groups -OCH3 is 1. The number of halogens is 1. The number of phenolic OH excluding ortho intramolecular Hbond substituents is 1. The Kier molecular flexibility index (Phi) is 5.85. The Morgan fingerprint density at radius 1 is 1.07 bits per heavy atom. The summed E-state index contributed by atoms with van der Waals surface area (Å²) in [6.45, 7) is 1.55. The third kappa shape index (κ3) is 4.20. The minimum absolute atomic E-state index is 0.0196. The van der Waals surface area contributed by atoms with E-state index in [4.69, 9.17) is 15.5 Å². The molecule has 8 rings (SSSR count). The highest BCUT2D eigenvalue weighted by atomic mass is 19.1. The van der Waals surface area contributed by atoms with E-state index in [1.165, 1.54) is 18.9 Å². The van der Waals surface area contributed by atoms with E-state index in [-0.39, 0.29) is 23.7 Å². The molecule has 0 radical (unpaired) electrons. The van der Waals surface area contributed by atoms with Crippen LogP contribution in [0.4, 0.5) is 4.39 Å².